The highest BCUT2D eigenvalue weighted by atomic mass is 15.4. The summed E-state index contributed by atoms with van der Waals surface area (Å²) in [4.78, 5) is 5.11. The van der Waals surface area contributed by atoms with Gasteiger partial charge in [0.05, 0.1) is 5.66 Å². The summed E-state index contributed by atoms with van der Waals surface area (Å²) in [6.07, 6.45) is 3.64. The Hall–Kier alpha value is -1.38. The topological polar surface area (TPSA) is 6.48 Å². The van der Waals surface area contributed by atoms with Crippen molar-refractivity contribution in [1.29, 1.82) is 0 Å². The van der Waals surface area contributed by atoms with Crippen LogP contribution in [-0.2, 0) is 12.8 Å². The van der Waals surface area contributed by atoms with Gasteiger partial charge < -0.3 is 0 Å². The summed E-state index contributed by atoms with van der Waals surface area (Å²) < 4.78 is 0. The van der Waals surface area contributed by atoms with Crippen molar-refractivity contribution in [3.8, 4) is 0 Å². The van der Waals surface area contributed by atoms with Gasteiger partial charge in [0.15, 0.2) is 0 Å². The molecular formula is C18H22N2. The summed E-state index contributed by atoms with van der Waals surface area (Å²) in [6, 6.07) is 13.6. The summed E-state index contributed by atoms with van der Waals surface area (Å²) in [5.41, 5.74) is 3.22. The highest BCUT2D eigenvalue weighted by Crippen LogP contribution is 2.39. The third-order valence-electron chi connectivity index (χ3n) is 5.30. The van der Waals surface area contributed by atoms with Gasteiger partial charge in [0.25, 0.3) is 0 Å². The van der Waals surface area contributed by atoms with Gasteiger partial charge in [0.1, 0.15) is 0 Å². The molecule has 0 radical (unpaired) electrons. The van der Waals surface area contributed by atoms with Crippen molar-refractivity contribution in [2.75, 3.05) is 27.2 Å². The highest BCUT2D eigenvalue weighted by Gasteiger charge is 2.44. The minimum absolute atomic E-state index is 0.181. The Morgan fingerprint density at radius 2 is 1.55 bits per heavy atom. The Balaban J connectivity index is 1.89. The lowest BCUT2D eigenvalue weighted by Gasteiger charge is -2.54. The van der Waals surface area contributed by atoms with Crippen molar-refractivity contribution < 1.29 is 0 Å². The molecule has 104 valence electrons. The van der Waals surface area contributed by atoms with Crippen molar-refractivity contribution in [1.82, 2.24) is 9.80 Å². The van der Waals surface area contributed by atoms with Crippen LogP contribution in [0.25, 0.3) is 10.8 Å². The van der Waals surface area contributed by atoms with Crippen LogP contribution in [0.1, 0.15) is 17.5 Å². The first kappa shape index (κ1) is 12.4. The van der Waals surface area contributed by atoms with Gasteiger partial charge in [-0.2, -0.15) is 0 Å². The average Bonchev–Trinajstić information content (AvgIpc) is 2.37. The van der Waals surface area contributed by atoms with Gasteiger partial charge in [-0.15, -0.1) is 0 Å². The Morgan fingerprint density at radius 3 is 2.00 bits per heavy atom. The largest absolute Gasteiger partial charge is 0.291 e. The lowest BCUT2D eigenvalue weighted by atomic mass is 9.79. The molecule has 20 heavy (non-hydrogen) atoms. The first-order valence-corrected chi connectivity index (χ1v) is 7.63. The number of nitrogens with zero attached hydrogens (tertiary/aromatic N) is 2. The van der Waals surface area contributed by atoms with Crippen LogP contribution >= 0.6 is 0 Å². The molecule has 1 heterocycles. The van der Waals surface area contributed by atoms with E-state index in [9.17, 15) is 0 Å². The Labute approximate surface area is 121 Å². The van der Waals surface area contributed by atoms with Gasteiger partial charge in [0, 0.05) is 25.9 Å². The average molecular weight is 266 g/mol. The van der Waals surface area contributed by atoms with Crippen LogP contribution in [0, 0.1) is 0 Å². The van der Waals surface area contributed by atoms with Crippen molar-refractivity contribution >= 4 is 10.8 Å². The van der Waals surface area contributed by atoms with E-state index < -0.39 is 0 Å². The summed E-state index contributed by atoms with van der Waals surface area (Å²) in [5, 5.41) is 2.91. The smallest absolute Gasteiger partial charge is 0.0815 e. The maximum atomic E-state index is 2.67. The molecule has 1 saturated heterocycles. The van der Waals surface area contributed by atoms with E-state index in [1.54, 1.807) is 0 Å². The normalized spacial score (nSPS) is 21.1. The monoisotopic (exact) mass is 266 g/mol. The Morgan fingerprint density at radius 1 is 0.950 bits per heavy atom. The summed E-state index contributed by atoms with van der Waals surface area (Å²) in [7, 11) is 4.48. The van der Waals surface area contributed by atoms with E-state index in [-0.39, 0.29) is 5.66 Å². The fraction of sp³-hybridized carbons (Fsp3) is 0.444. The van der Waals surface area contributed by atoms with Gasteiger partial charge in [-0.1, -0.05) is 36.4 Å². The van der Waals surface area contributed by atoms with Crippen LogP contribution in [0.3, 0.4) is 0 Å². The quantitative estimate of drug-likeness (QED) is 0.824. The molecule has 0 unspecified atom stereocenters. The molecule has 0 spiro atoms. The zero-order valence-corrected chi connectivity index (χ0v) is 12.4. The maximum absolute atomic E-state index is 2.67. The SMILES string of the molecule is CN(C)C1(N2CCC2)Cc2cccc3cccc(c23)C1. The van der Waals surface area contributed by atoms with Crippen LogP contribution < -0.4 is 0 Å². The predicted octanol–water partition coefficient (Wildman–Crippen LogP) is 2.90. The summed E-state index contributed by atoms with van der Waals surface area (Å²) >= 11 is 0. The molecule has 4 rings (SSSR count). The van der Waals surface area contributed by atoms with Crippen LogP contribution in [0.4, 0.5) is 0 Å². The molecule has 0 N–H and O–H groups in total. The molecule has 2 heteroatoms. The van der Waals surface area contributed by atoms with Crippen molar-refractivity contribution in [3.05, 3.63) is 47.5 Å². The van der Waals surface area contributed by atoms with E-state index in [4.69, 9.17) is 0 Å². The minimum atomic E-state index is 0.181. The van der Waals surface area contributed by atoms with E-state index in [2.05, 4.69) is 60.3 Å². The third kappa shape index (κ3) is 1.58. The molecule has 2 nitrogen and oxygen atoms in total. The van der Waals surface area contributed by atoms with Crippen molar-refractivity contribution in [2.45, 2.75) is 24.9 Å². The molecule has 2 aliphatic rings. The Kier molecular flexibility index (Phi) is 2.66. The van der Waals surface area contributed by atoms with Gasteiger partial charge in [-0.25, -0.2) is 0 Å². The van der Waals surface area contributed by atoms with E-state index in [0.29, 0.717) is 0 Å². The standard InChI is InChI=1S/C18H22N2/c1-19(2)18(20-10-5-11-20)12-15-8-3-6-14-7-4-9-16(13-18)17(14)15/h3-4,6-9H,5,10-13H2,1-2H3. The number of hydrogen-bond donors (Lipinski definition) is 0. The number of rotatable bonds is 2. The summed E-state index contributed by atoms with van der Waals surface area (Å²) in [6.45, 7) is 2.49. The van der Waals surface area contributed by atoms with E-state index >= 15 is 0 Å². The maximum Gasteiger partial charge on any atom is 0.0815 e. The fourth-order valence-corrected chi connectivity index (χ4v) is 4.02. The first-order valence-electron chi connectivity index (χ1n) is 7.63. The lowest BCUT2D eigenvalue weighted by molar-refractivity contribution is -0.0691. The second-order valence-electron chi connectivity index (χ2n) is 6.50. The van der Waals surface area contributed by atoms with Crippen LogP contribution in [0.5, 0.6) is 0 Å². The third-order valence-corrected chi connectivity index (χ3v) is 5.30. The van der Waals surface area contributed by atoms with Crippen LogP contribution in [0.2, 0.25) is 0 Å². The lowest BCUT2D eigenvalue weighted by Crippen LogP contribution is -2.65. The molecule has 0 amide bonds. The molecule has 0 saturated carbocycles. The first-order chi connectivity index (χ1) is 9.71. The molecular weight excluding hydrogens is 244 g/mol. The number of benzene rings is 2. The van der Waals surface area contributed by atoms with Gasteiger partial charge >= 0.3 is 0 Å². The van der Waals surface area contributed by atoms with Crippen molar-refractivity contribution in [2.24, 2.45) is 0 Å². The second kappa shape index (κ2) is 4.31. The van der Waals surface area contributed by atoms with Gasteiger partial charge in [-0.3, -0.25) is 9.80 Å². The highest BCUT2D eigenvalue weighted by molar-refractivity contribution is 5.90. The molecule has 1 aliphatic carbocycles. The van der Waals surface area contributed by atoms with E-state index in [1.807, 2.05) is 0 Å². The number of likely N-dealkylation sites (N-methyl/N-ethyl adjacent to an activating group) is 1. The molecule has 0 aromatic heterocycles. The molecule has 2 aromatic carbocycles. The molecule has 0 atom stereocenters. The molecule has 0 bridgehead atoms. The van der Waals surface area contributed by atoms with E-state index in [0.717, 1.165) is 12.8 Å². The van der Waals surface area contributed by atoms with Gasteiger partial charge in [0.2, 0.25) is 0 Å². The fourth-order valence-electron chi connectivity index (χ4n) is 4.02. The number of hydrogen-bond acceptors (Lipinski definition) is 2. The zero-order valence-electron chi connectivity index (χ0n) is 12.4. The van der Waals surface area contributed by atoms with Crippen LogP contribution in [0.15, 0.2) is 36.4 Å². The minimum Gasteiger partial charge on any atom is -0.291 e. The number of likely N-dealkylation sites (tertiary alicyclic amines) is 1. The molecule has 1 aliphatic heterocycles. The zero-order chi connectivity index (χ0) is 13.7. The predicted molar refractivity (Wildman–Crippen MR) is 84.0 cm³/mol. The second-order valence-corrected chi connectivity index (χ2v) is 6.50. The van der Waals surface area contributed by atoms with Crippen molar-refractivity contribution in [3.63, 3.8) is 0 Å². The van der Waals surface area contributed by atoms with Gasteiger partial charge in [-0.05, 0) is 42.4 Å². The Bertz CT molecular complexity index is 615. The van der Waals surface area contributed by atoms with Crippen LogP contribution in [-0.4, -0.2) is 42.6 Å². The molecule has 2 aromatic rings. The summed E-state index contributed by atoms with van der Waals surface area (Å²) in [5.74, 6) is 0. The molecule has 1 fully saturated rings. The van der Waals surface area contributed by atoms with E-state index in [1.165, 1.54) is 41.4 Å².